The molecule has 1 amide bonds. The fourth-order valence-corrected chi connectivity index (χ4v) is 4.19. The van der Waals surface area contributed by atoms with Gasteiger partial charge in [-0.3, -0.25) is 9.59 Å². The Balaban J connectivity index is 2.59. The summed E-state index contributed by atoms with van der Waals surface area (Å²) in [5.74, 6) is -6.28. The Morgan fingerprint density at radius 1 is 0.972 bits per heavy atom. The fourth-order valence-electron chi connectivity index (χ4n) is 3.99. The Kier molecular flexibility index (Phi) is 8.76. The van der Waals surface area contributed by atoms with Gasteiger partial charge in [-0.25, -0.2) is 0 Å². The topological polar surface area (TPSA) is 66.4 Å². The average molecular weight is 538 g/mol. The summed E-state index contributed by atoms with van der Waals surface area (Å²) < 4.78 is 80.0. The molecule has 198 valence electrons. The number of hydrogen-bond acceptors (Lipinski definition) is 2. The molecule has 2 aromatic rings. The summed E-state index contributed by atoms with van der Waals surface area (Å²) in [6.45, 7) is 6.08. The number of carboxylic acids is 1. The van der Waals surface area contributed by atoms with E-state index in [0.29, 0.717) is 23.3 Å². The molecule has 0 fully saturated rings. The van der Waals surface area contributed by atoms with Crippen LogP contribution in [-0.4, -0.2) is 23.2 Å². The Bertz CT molecular complexity index is 1100. The van der Waals surface area contributed by atoms with Crippen molar-refractivity contribution in [2.45, 2.75) is 64.2 Å². The van der Waals surface area contributed by atoms with Gasteiger partial charge in [0.1, 0.15) is 0 Å². The van der Waals surface area contributed by atoms with Crippen molar-refractivity contribution >= 4 is 29.2 Å². The first-order valence-corrected chi connectivity index (χ1v) is 11.3. The summed E-state index contributed by atoms with van der Waals surface area (Å²) in [6, 6.07) is 5.95. The van der Waals surface area contributed by atoms with Crippen molar-refractivity contribution in [3.05, 3.63) is 63.7 Å². The molecule has 4 nitrogen and oxygen atoms in total. The smallest absolute Gasteiger partial charge is 0.416 e. The van der Waals surface area contributed by atoms with Crippen molar-refractivity contribution in [2.75, 3.05) is 5.32 Å². The van der Waals surface area contributed by atoms with Gasteiger partial charge in [0.25, 0.3) is 0 Å². The summed E-state index contributed by atoms with van der Waals surface area (Å²) in [5, 5.41) is 11.6. The van der Waals surface area contributed by atoms with Crippen LogP contribution >= 0.6 is 11.6 Å². The van der Waals surface area contributed by atoms with Crippen molar-refractivity contribution in [1.82, 2.24) is 0 Å². The first kappa shape index (κ1) is 29.5. The predicted molar refractivity (Wildman–Crippen MR) is 124 cm³/mol. The maximum absolute atomic E-state index is 13.7. The van der Waals surface area contributed by atoms with E-state index < -0.39 is 47.0 Å². The molecule has 2 atom stereocenters. The third-order valence-corrected chi connectivity index (χ3v) is 6.06. The molecule has 2 N–H and O–H groups in total. The van der Waals surface area contributed by atoms with E-state index >= 15 is 0 Å². The Morgan fingerprint density at radius 3 is 1.97 bits per heavy atom. The maximum Gasteiger partial charge on any atom is 0.416 e. The minimum absolute atomic E-state index is 0.0261. The lowest BCUT2D eigenvalue weighted by molar-refractivity contribution is -0.178. The second kappa shape index (κ2) is 10.7. The highest BCUT2D eigenvalue weighted by atomic mass is 35.5. The highest BCUT2D eigenvalue weighted by molar-refractivity contribution is 6.34. The average Bonchev–Trinajstić information content (AvgIpc) is 2.72. The lowest BCUT2D eigenvalue weighted by Gasteiger charge is -2.30. The first-order chi connectivity index (χ1) is 16.3. The van der Waals surface area contributed by atoms with Crippen LogP contribution in [0.15, 0.2) is 36.4 Å². The number of carboxylic acid groups (broad SMARTS) is 1. The number of nitrogens with one attached hydrogen (secondary N) is 1. The Labute approximate surface area is 209 Å². The molecule has 0 heterocycles. The van der Waals surface area contributed by atoms with E-state index in [2.05, 4.69) is 5.32 Å². The van der Waals surface area contributed by atoms with Gasteiger partial charge in [0, 0.05) is 6.42 Å². The zero-order valence-corrected chi connectivity index (χ0v) is 20.7. The minimum atomic E-state index is -4.83. The summed E-state index contributed by atoms with van der Waals surface area (Å²) in [5.41, 5.74) is -0.978. The van der Waals surface area contributed by atoms with Gasteiger partial charge in [0.05, 0.1) is 28.1 Å². The van der Waals surface area contributed by atoms with E-state index in [1.165, 1.54) is 6.07 Å². The SMILES string of the molecule is C[C@H]([C@H](C(=O)Nc1c(Cl)ccc(CCC(=O)O)c1C(C)(C)C)c1ccc(C(F)(F)F)cc1)C(F)(F)F. The van der Waals surface area contributed by atoms with Crippen molar-refractivity contribution in [1.29, 1.82) is 0 Å². The van der Waals surface area contributed by atoms with Crippen LogP contribution < -0.4 is 5.32 Å². The van der Waals surface area contributed by atoms with Crippen molar-refractivity contribution in [2.24, 2.45) is 5.92 Å². The van der Waals surface area contributed by atoms with Crippen LogP contribution in [0.2, 0.25) is 5.02 Å². The lowest BCUT2D eigenvalue weighted by atomic mass is 9.80. The number of anilines is 1. The molecular formula is C25H26ClF6NO3. The van der Waals surface area contributed by atoms with E-state index in [9.17, 15) is 35.9 Å². The Morgan fingerprint density at radius 2 is 1.53 bits per heavy atom. The molecule has 2 aromatic carbocycles. The van der Waals surface area contributed by atoms with Crippen LogP contribution in [0.25, 0.3) is 0 Å². The molecule has 0 aliphatic carbocycles. The first-order valence-electron chi connectivity index (χ1n) is 10.9. The number of carbonyl (C=O) groups excluding carboxylic acids is 1. The highest BCUT2D eigenvalue weighted by Gasteiger charge is 2.45. The van der Waals surface area contributed by atoms with Gasteiger partial charge < -0.3 is 10.4 Å². The van der Waals surface area contributed by atoms with E-state index in [-0.39, 0.29) is 29.1 Å². The molecule has 0 saturated carbocycles. The van der Waals surface area contributed by atoms with Gasteiger partial charge in [-0.05, 0) is 46.7 Å². The number of aryl methyl sites for hydroxylation is 1. The fraction of sp³-hybridized carbons (Fsp3) is 0.440. The number of carbonyl (C=O) groups is 2. The molecular weight excluding hydrogens is 512 g/mol. The number of rotatable bonds is 7. The molecule has 0 aliphatic rings. The molecule has 11 heteroatoms. The number of halogens is 7. The normalized spacial score (nSPS) is 14.3. The molecule has 0 saturated heterocycles. The molecule has 0 bridgehead atoms. The molecule has 2 rings (SSSR count). The van der Waals surface area contributed by atoms with Gasteiger partial charge in [-0.15, -0.1) is 0 Å². The predicted octanol–water partition coefficient (Wildman–Crippen LogP) is 7.59. The third-order valence-electron chi connectivity index (χ3n) is 5.74. The monoisotopic (exact) mass is 537 g/mol. The molecule has 0 spiro atoms. The van der Waals surface area contributed by atoms with Gasteiger partial charge in [-0.1, -0.05) is 57.5 Å². The van der Waals surface area contributed by atoms with Crippen LogP contribution in [0.4, 0.5) is 32.0 Å². The molecule has 0 aliphatic heterocycles. The van der Waals surface area contributed by atoms with Crippen molar-refractivity contribution < 1.29 is 41.0 Å². The van der Waals surface area contributed by atoms with Crippen LogP contribution in [0.3, 0.4) is 0 Å². The summed E-state index contributed by atoms with van der Waals surface area (Å²) >= 11 is 6.33. The van der Waals surface area contributed by atoms with Crippen molar-refractivity contribution in [3.8, 4) is 0 Å². The summed E-state index contributed by atoms with van der Waals surface area (Å²) in [4.78, 5) is 24.4. The molecule has 0 aromatic heterocycles. The summed E-state index contributed by atoms with van der Waals surface area (Å²) in [6.07, 6.45) is -9.66. The number of benzene rings is 2. The number of amides is 1. The number of alkyl halides is 6. The molecule has 36 heavy (non-hydrogen) atoms. The second-order valence-corrected chi connectivity index (χ2v) is 9.92. The van der Waals surface area contributed by atoms with Crippen LogP contribution in [-0.2, 0) is 27.6 Å². The quantitative estimate of drug-likeness (QED) is 0.357. The minimum Gasteiger partial charge on any atom is -0.481 e. The molecule has 0 unspecified atom stereocenters. The van der Waals surface area contributed by atoms with E-state index in [4.69, 9.17) is 16.7 Å². The van der Waals surface area contributed by atoms with Gasteiger partial charge >= 0.3 is 18.3 Å². The van der Waals surface area contributed by atoms with Crippen molar-refractivity contribution in [3.63, 3.8) is 0 Å². The van der Waals surface area contributed by atoms with Crippen LogP contribution in [0.5, 0.6) is 0 Å². The van der Waals surface area contributed by atoms with Crippen LogP contribution in [0.1, 0.15) is 62.3 Å². The standard InChI is InChI=1S/C25H26ClF6NO3/c1-13(24(27,28)29)19(14-5-9-16(10-6-14)25(30,31)32)22(36)33-21-17(26)11-7-15(8-12-18(34)35)20(21)23(2,3)4/h5-7,9-11,13,19H,8,12H2,1-4H3,(H,33,36)(H,34,35)/t13-,19+/m1/s1. The van der Waals surface area contributed by atoms with E-state index in [0.717, 1.165) is 19.1 Å². The van der Waals surface area contributed by atoms with Gasteiger partial charge in [0.2, 0.25) is 5.91 Å². The number of hydrogen-bond donors (Lipinski definition) is 2. The zero-order valence-electron chi connectivity index (χ0n) is 19.9. The second-order valence-electron chi connectivity index (χ2n) is 9.52. The lowest BCUT2D eigenvalue weighted by Crippen LogP contribution is -2.35. The maximum atomic E-state index is 13.7. The zero-order chi connectivity index (χ0) is 27.6. The highest BCUT2D eigenvalue weighted by Crippen LogP contribution is 2.42. The van der Waals surface area contributed by atoms with E-state index in [1.54, 1.807) is 26.8 Å². The van der Waals surface area contributed by atoms with Gasteiger partial charge in [0.15, 0.2) is 0 Å². The number of aliphatic carboxylic acids is 1. The summed E-state index contributed by atoms with van der Waals surface area (Å²) in [7, 11) is 0. The largest absolute Gasteiger partial charge is 0.481 e. The molecule has 0 radical (unpaired) electrons. The van der Waals surface area contributed by atoms with Gasteiger partial charge in [-0.2, -0.15) is 26.3 Å². The third kappa shape index (κ3) is 7.15. The van der Waals surface area contributed by atoms with Crippen LogP contribution in [0, 0.1) is 5.92 Å². The van der Waals surface area contributed by atoms with E-state index in [1.807, 2.05) is 0 Å². The Hall–Kier alpha value is -2.75.